The molecule has 0 radical (unpaired) electrons. The van der Waals surface area contributed by atoms with E-state index >= 15 is 0 Å². The van der Waals surface area contributed by atoms with Crippen molar-refractivity contribution in [3.05, 3.63) is 71.4 Å². The fourth-order valence-electron chi connectivity index (χ4n) is 2.28. The lowest BCUT2D eigenvalue weighted by Crippen LogP contribution is -2.19. The number of rotatable bonds is 4. The molecule has 0 atom stereocenters. The largest absolute Gasteiger partial charge is 0.508 e. The lowest BCUT2D eigenvalue weighted by atomic mass is 10.1. The van der Waals surface area contributed by atoms with Gasteiger partial charge in [0.05, 0.1) is 11.9 Å². The predicted octanol–water partition coefficient (Wildman–Crippen LogP) is 2.85. The first-order valence-electron chi connectivity index (χ1n) is 7.38. The second kappa shape index (κ2) is 6.78. The van der Waals surface area contributed by atoms with Crippen LogP contribution < -0.4 is 5.43 Å². The second-order valence-electron chi connectivity index (χ2n) is 5.23. The minimum absolute atomic E-state index is 0.178. The normalized spacial score (nSPS) is 10.9. The molecule has 0 bridgehead atoms. The van der Waals surface area contributed by atoms with Crippen LogP contribution in [0.2, 0.25) is 0 Å². The minimum atomic E-state index is -0.364. The summed E-state index contributed by atoms with van der Waals surface area (Å²) in [5.74, 6) is -0.185. The highest BCUT2D eigenvalue weighted by Crippen LogP contribution is 2.22. The molecule has 2 aromatic carbocycles. The number of carbonyl (C=O) groups is 1. The zero-order chi connectivity index (χ0) is 16.9. The van der Waals surface area contributed by atoms with Crippen LogP contribution in [-0.2, 0) is 0 Å². The summed E-state index contributed by atoms with van der Waals surface area (Å²) in [6.45, 7) is 1.84. The Morgan fingerprint density at radius 2 is 1.88 bits per heavy atom. The average Bonchev–Trinajstić information content (AvgIpc) is 2.99. The number of phenolic OH excluding ortho intramolecular Hbond substituents is 1. The van der Waals surface area contributed by atoms with E-state index < -0.39 is 0 Å². The van der Waals surface area contributed by atoms with E-state index in [9.17, 15) is 9.90 Å². The molecule has 0 saturated heterocycles. The Bertz CT molecular complexity index is 868. The van der Waals surface area contributed by atoms with Gasteiger partial charge in [-0.05, 0) is 36.8 Å². The number of amides is 1. The fourth-order valence-corrected chi connectivity index (χ4v) is 2.28. The molecule has 3 N–H and O–H groups in total. The van der Waals surface area contributed by atoms with Gasteiger partial charge in [0.25, 0.3) is 5.91 Å². The van der Waals surface area contributed by atoms with Crippen LogP contribution in [0.5, 0.6) is 5.75 Å². The Labute approximate surface area is 138 Å². The van der Waals surface area contributed by atoms with Crippen molar-refractivity contribution in [1.29, 1.82) is 0 Å². The minimum Gasteiger partial charge on any atom is -0.508 e. The molecule has 0 aliphatic carbocycles. The summed E-state index contributed by atoms with van der Waals surface area (Å²) in [7, 11) is 0. The number of benzene rings is 2. The topological polar surface area (TPSA) is 90.4 Å². The van der Waals surface area contributed by atoms with E-state index in [4.69, 9.17) is 0 Å². The third-order valence-electron chi connectivity index (χ3n) is 3.56. The number of H-pyrrole nitrogens is 1. The number of aromatic hydroxyl groups is 1. The van der Waals surface area contributed by atoms with Crippen molar-refractivity contribution in [2.45, 2.75) is 6.92 Å². The van der Waals surface area contributed by atoms with Gasteiger partial charge >= 0.3 is 0 Å². The standard InChI is InChI=1S/C18H16N4O2/c1-12-16(14-5-3-2-4-6-14)20-21-17(12)18(24)22-19-11-13-7-9-15(23)10-8-13/h2-11,23H,1H3,(H,20,21)(H,22,24). The number of hydrogen-bond acceptors (Lipinski definition) is 4. The molecule has 0 spiro atoms. The summed E-state index contributed by atoms with van der Waals surface area (Å²) >= 11 is 0. The van der Waals surface area contributed by atoms with Crippen molar-refractivity contribution in [1.82, 2.24) is 15.6 Å². The fraction of sp³-hybridized carbons (Fsp3) is 0.0556. The van der Waals surface area contributed by atoms with E-state index in [-0.39, 0.29) is 11.7 Å². The summed E-state index contributed by atoms with van der Waals surface area (Å²) in [4.78, 5) is 12.2. The van der Waals surface area contributed by atoms with Crippen molar-refractivity contribution in [2.24, 2.45) is 5.10 Å². The molecular weight excluding hydrogens is 304 g/mol. The number of aromatic nitrogens is 2. The maximum Gasteiger partial charge on any atom is 0.289 e. The summed E-state index contributed by atoms with van der Waals surface area (Å²) in [6, 6.07) is 16.1. The number of aromatic amines is 1. The van der Waals surface area contributed by atoms with E-state index in [0.29, 0.717) is 5.69 Å². The highest BCUT2D eigenvalue weighted by molar-refractivity contribution is 5.95. The van der Waals surface area contributed by atoms with Gasteiger partial charge in [-0.1, -0.05) is 30.3 Å². The molecular formula is C18H16N4O2. The molecule has 0 saturated carbocycles. The van der Waals surface area contributed by atoms with Crippen molar-refractivity contribution in [3.63, 3.8) is 0 Å². The van der Waals surface area contributed by atoms with Gasteiger partial charge in [-0.3, -0.25) is 9.89 Å². The molecule has 24 heavy (non-hydrogen) atoms. The zero-order valence-corrected chi connectivity index (χ0v) is 13.0. The van der Waals surface area contributed by atoms with Crippen molar-refractivity contribution in [2.75, 3.05) is 0 Å². The van der Waals surface area contributed by atoms with Crippen LogP contribution >= 0.6 is 0 Å². The molecule has 6 heteroatoms. The molecule has 3 aromatic rings. The maximum atomic E-state index is 12.2. The molecule has 1 aromatic heterocycles. The average molecular weight is 320 g/mol. The predicted molar refractivity (Wildman–Crippen MR) is 91.9 cm³/mol. The molecule has 1 amide bonds. The van der Waals surface area contributed by atoms with E-state index in [1.54, 1.807) is 24.3 Å². The van der Waals surface area contributed by atoms with E-state index in [2.05, 4.69) is 20.7 Å². The van der Waals surface area contributed by atoms with Crippen molar-refractivity contribution >= 4 is 12.1 Å². The lowest BCUT2D eigenvalue weighted by molar-refractivity contribution is 0.0949. The van der Waals surface area contributed by atoms with Gasteiger partial charge in [-0.2, -0.15) is 10.2 Å². The summed E-state index contributed by atoms with van der Waals surface area (Å²) in [6.07, 6.45) is 1.50. The molecule has 6 nitrogen and oxygen atoms in total. The molecule has 0 fully saturated rings. The smallest absolute Gasteiger partial charge is 0.289 e. The lowest BCUT2D eigenvalue weighted by Gasteiger charge is -2.00. The van der Waals surface area contributed by atoms with Crippen LogP contribution in [0.15, 0.2) is 59.7 Å². The van der Waals surface area contributed by atoms with Crippen molar-refractivity contribution in [3.8, 4) is 17.0 Å². The SMILES string of the molecule is Cc1c(-c2ccccc2)n[nH]c1C(=O)NN=Cc1ccc(O)cc1. The monoisotopic (exact) mass is 320 g/mol. The molecule has 0 aliphatic rings. The van der Waals surface area contributed by atoms with Crippen LogP contribution in [0.1, 0.15) is 21.6 Å². The van der Waals surface area contributed by atoms with Crippen LogP contribution in [-0.4, -0.2) is 27.4 Å². The van der Waals surface area contributed by atoms with Gasteiger partial charge in [0.15, 0.2) is 0 Å². The van der Waals surface area contributed by atoms with E-state index in [0.717, 1.165) is 22.4 Å². The molecule has 1 heterocycles. The van der Waals surface area contributed by atoms with Gasteiger partial charge in [0.2, 0.25) is 0 Å². The molecule has 3 rings (SSSR count). The van der Waals surface area contributed by atoms with E-state index in [1.807, 2.05) is 37.3 Å². The van der Waals surface area contributed by atoms with Crippen molar-refractivity contribution < 1.29 is 9.90 Å². The third-order valence-corrected chi connectivity index (χ3v) is 3.56. The van der Waals surface area contributed by atoms with E-state index in [1.165, 1.54) is 6.21 Å². The van der Waals surface area contributed by atoms with Crippen LogP contribution in [0.4, 0.5) is 0 Å². The Balaban J connectivity index is 1.72. The number of nitrogens with zero attached hydrogens (tertiary/aromatic N) is 2. The van der Waals surface area contributed by atoms with Crippen LogP contribution in [0, 0.1) is 6.92 Å². The first-order chi connectivity index (χ1) is 11.6. The summed E-state index contributed by atoms with van der Waals surface area (Å²) < 4.78 is 0. The quantitative estimate of drug-likeness (QED) is 0.510. The number of carbonyl (C=O) groups excluding carboxylic acids is 1. The Morgan fingerprint density at radius 3 is 2.58 bits per heavy atom. The molecule has 120 valence electrons. The Hall–Kier alpha value is -3.41. The molecule has 0 unspecified atom stereocenters. The zero-order valence-electron chi connectivity index (χ0n) is 13.0. The number of phenols is 1. The maximum absolute atomic E-state index is 12.2. The molecule has 0 aliphatic heterocycles. The van der Waals surface area contributed by atoms with Crippen LogP contribution in [0.25, 0.3) is 11.3 Å². The first-order valence-corrected chi connectivity index (χ1v) is 7.38. The second-order valence-corrected chi connectivity index (χ2v) is 5.23. The number of hydrazone groups is 1. The Kier molecular flexibility index (Phi) is 4.38. The highest BCUT2D eigenvalue weighted by atomic mass is 16.3. The summed E-state index contributed by atoms with van der Waals surface area (Å²) in [5, 5.41) is 20.1. The van der Waals surface area contributed by atoms with Gasteiger partial charge in [-0.25, -0.2) is 5.43 Å². The first kappa shape index (κ1) is 15.5. The Morgan fingerprint density at radius 1 is 1.17 bits per heavy atom. The third kappa shape index (κ3) is 3.33. The number of nitrogens with one attached hydrogen (secondary N) is 2. The van der Waals surface area contributed by atoms with Gasteiger partial charge < -0.3 is 5.11 Å². The van der Waals surface area contributed by atoms with Crippen LogP contribution in [0.3, 0.4) is 0 Å². The van der Waals surface area contributed by atoms with Gasteiger partial charge in [0, 0.05) is 11.1 Å². The highest BCUT2D eigenvalue weighted by Gasteiger charge is 2.16. The van der Waals surface area contributed by atoms with Gasteiger partial charge in [0.1, 0.15) is 11.4 Å². The number of hydrogen-bond donors (Lipinski definition) is 3. The van der Waals surface area contributed by atoms with Gasteiger partial charge in [-0.15, -0.1) is 0 Å². The summed E-state index contributed by atoms with van der Waals surface area (Å²) in [5.41, 5.74) is 6.04.